The zero-order valence-corrected chi connectivity index (χ0v) is 13.9. The van der Waals surface area contributed by atoms with Crippen LogP contribution in [0, 0.1) is 0 Å². The van der Waals surface area contributed by atoms with E-state index < -0.39 is 0 Å². The zero-order chi connectivity index (χ0) is 17.5. The van der Waals surface area contributed by atoms with Crippen LogP contribution in [0.2, 0.25) is 0 Å². The van der Waals surface area contributed by atoms with Crippen molar-refractivity contribution in [2.75, 3.05) is 24.4 Å². The molecule has 0 heterocycles. The monoisotopic (exact) mass is 328 g/mol. The summed E-state index contributed by atoms with van der Waals surface area (Å²) in [6.07, 6.45) is 0. The normalized spacial score (nSPS) is 9.96. The highest BCUT2D eigenvalue weighted by Crippen LogP contribution is 2.28. The Morgan fingerprint density at radius 3 is 2.46 bits per heavy atom. The minimum absolute atomic E-state index is 0.224. The van der Waals surface area contributed by atoms with Crippen molar-refractivity contribution < 1.29 is 19.1 Å². The van der Waals surface area contributed by atoms with E-state index in [1.54, 1.807) is 36.4 Å². The number of carbonyl (C=O) groups is 2. The van der Waals surface area contributed by atoms with E-state index in [1.165, 1.54) is 14.0 Å². The Kier molecular flexibility index (Phi) is 5.78. The number of hydrogen-bond donors (Lipinski definition) is 2. The molecule has 2 rings (SSSR count). The van der Waals surface area contributed by atoms with Gasteiger partial charge in [0, 0.05) is 12.6 Å². The van der Waals surface area contributed by atoms with E-state index in [2.05, 4.69) is 10.6 Å². The summed E-state index contributed by atoms with van der Waals surface area (Å²) in [5.41, 5.74) is 1.47. The molecule has 2 amide bonds. The van der Waals surface area contributed by atoms with Crippen molar-refractivity contribution in [2.45, 2.75) is 13.8 Å². The fraction of sp³-hybridized carbons (Fsp3) is 0.222. The summed E-state index contributed by atoms with van der Waals surface area (Å²) in [5.74, 6) is 0.516. The average molecular weight is 328 g/mol. The highest BCUT2D eigenvalue weighted by Gasteiger charge is 2.13. The highest BCUT2D eigenvalue weighted by atomic mass is 16.5. The maximum absolute atomic E-state index is 12.5. The molecule has 6 heteroatoms. The van der Waals surface area contributed by atoms with Crippen molar-refractivity contribution in [2.24, 2.45) is 0 Å². The molecule has 0 fully saturated rings. The van der Waals surface area contributed by atoms with Crippen molar-refractivity contribution in [3.63, 3.8) is 0 Å². The van der Waals surface area contributed by atoms with Crippen LogP contribution in [0.15, 0.2) is 42.5 Å². The van der Waals surface area contributed by atoms with Gasteiger partial charge in [0.1, 0.15) is 11.5 Å². The first-order chi connectivity index (χ1) is 11.5. The Labute approximate surface area is 140 Å². The third kappa shape index (κ3) is 4.25. The van der Waals surface area contributed by atoms with Gasteiger partial charge in [-0.1, -0.05) is 12.1 Å². The molecule has 2 aromatic rings. The lowest BCUT2D eigenvalue weighted by molar-refractivity contribution is -0.114. The lowest BCUT2D eigenvalue weighted by Gasteiger charge is -2.13. The van der Waals surface area contributed by atoms with E-state index in [-0.39, 0.29) is 11.8 Å². The molecule has 0 aliphatic rings. The maximum Gasteiger partial charge on any atom is 0.259 e. The minimum Gasteiger partial charge on any atom is -0.495 e. The summed E-state index contributed by atoms with van der Waals surface area (Å²) >= 11 is 0. The number of para-hydroxylation sites is 1. The molecule has 24 heavy (non-hydrogen) atoms. The van der Waals surface area contributed by atoms with Crippen LogP contribution in [-0.4, -0.2) is 25.5 Å². The van der Waals surface area contributed by atoms with Crippen molar-refractivity contribution >= 4 is 23.2 Å². The molecule has 0 saturated heterocycles. The summed E-state index contributed by atoms with van der Waals surface area (Å²) in [6.45, 7) is 3.74. The van der Waals surface area contributed by atoms with Crippen molar-refractivity contribution in [1.82, 2.24) is 0 Å². The van der Waals surface area contributed by atoms with E-state index in [0.29, 0.717) is 35.0 Å². The van der Waals surface area contributed by atoms with Gasteiger partial charge < -0.3 is 20.1 Å². The Bertz CT molecular complexity index is 744. The second-order valence-corrected chi connectivity index (χ2v) is 4.98. The molecule has 0 saturated carbocycles. The van der Waals surface area contributed by atoms with Crippen LogP contribution in [0.3, 0.4) is 0 Å². The Morgan fingerprint density at radius 1 is 1.04 bits per heavy atom. The van der Waals surface area contributed by atoms with Gasteiger partial charge in [0.15, 0.2) is 0 Å². The Morgan fingerprint density at radius 2 is 1.79 bits per heavy atom. The number of carbonyl (C=O) groups excluding carboxylic acids is 2. The molecule has 0 aliphatic heterocycles. The molecular weight excluding hydrogens is 308 g/mol. The predicted molar refractivity (Wildman–Crippen MR) is 92.9 cm³/mol. The van der Waals surface area contributed by atoms with Crippen LogP contribution >= 0.6 is 0 Å². The number of rotatable bonds is 6. The van der Waals surface area contributed by atoms with Crippen LogP contribution < -0.4 is 20.1 Å². The van der Waals surface area contributed by atoms with Gasteiger partial charge in [-0.05, 0) is 37.3 Å². The topological polar surface area (TPSA) is 76.7 Å². The maximum atomic E-state index is 12.5. The summed E-state index contributed by atoms with van der Waals surface area (Å²) < 4.78 is 10.7. The van der Waals surface area contributed by atoms with E-state index in [9.17, 15) is 9.59 Å². The fourth-order valence-corrected chi connectivity index (χ4v) is 2.21. The molecule has 6 nitrogen and oxygen atoms in total. The van der Waals surface area contributed by atoms with Crippen LogP contribution in [0.25, 0.3) is 0 Å². The first kappa shape index (κ1) is 17.3. The predicted octanol–water partition coefficient (Wildman–Crippen LogP) is 3.30. The van der Waals surface area contributed by atoms with Gasteiger partial charge in [0.05, 0.1) is 25.0 Å². The van der Waals surface area contributed by atoms with Gasteiger partial charge in [0.25, 0.3) is 5.91 Å². The zero-order valence-electron chi connectivity index (χ0n) is 13.9. The third-order valence-electron chi connectivity index (χ3n) is 3.20. The summed E-state index contributed by atoms with van der Waals surface area (Å²) in [6, 6.07) is 12.0. The average Bonchev–Trinajstić information content (AvgIpc) is 2.55. The molecule has 0 atom stereocenters. The molecule has 0 spiro atoms. The van der Waals surface area contributed by atoms with Crippen LogP contribution in [-0.2, 0) is 4.79 Å². The second-order valence-electron chi connectivity index (χ2n) is 4.98. The SMILES string of the molecule is CCOc1ccccc1C(=O)Nc1ccc(OC)c(NC(C)=O)c1. The Hall–Kier alpha value is -3.02. The van der Waals surface area contributed by atoms with E-state index in [0.717, 1.165) is 0 Å². The summed E-state index contributed by atoms with van der Waals surface area (Å²) in [5, 5.41) is 5.47. The summed E-state index contributed by atoms with van der Waals surface area (Å²) in [4.78, 5) is 23.8. The van der Waals surface area contributed by atoms with Crippen LogP contribution in [0.4, 0.5) is 11.4 Å². The van der Waals surface area contributed by atoms with Gasteiger partial charge in [0.2, 0.25) is 5.91 Å². The van der Waals surface area contributed by atoms with E-state index in [1.807, 2.05) is 13.0 Å². The van der Waals surface area contributed by atoms with Gasteiger partial charge in [-0.25, -0.2) is 0 Å². The van der Waals surface area contributed by atoms with E-state index in [4.69, 9.17) is 9.47 Å². The number of hydrogen-bond acceptors (Lipinski definition) is 4. The van der Waals surface area contributed by atoms with Crippen molar-refractivity contribution in [1.29, 1.82) is 0 Å². The van der Waals surface area contributed by atoms with Crippen LogP contribution in [0.1, 0.15) is 24.2 Å². The highest BCUT2D eigenvalue weighted by molar-refractivity contribution is 6.06. The number of methoxy groups -OCH3 is 1. The fourth-order valence-electron chi connectivity index (χ4n) is 2.21. The van der Waals surface area contributed by atoms with Gasteiger partial charge in [-0.2, -0.15) is 0 Å². The number of nitrogens with one attached hydrogen (secondary N) is 2. The number of amides is 2. The lowest BCUT2D eigenvalue weighted by atomic mass is 10.1. The number of benzene rings is 2. The van der Waals surface area contributed by atoms with Gasteiger partial charge in [-0.3, -0.25) is 9.59 Å². The van der Waals surface area contributed by atoms with E-state index >= 15 is 0 Å². The Balaban J connectivity index is 2.24. The molecule has 0 bridgehead atoms. The lowest BCUT2D eigenvalue weighted by Crippen LogP contribution is -2.14. The molecule has 2 N–H and O–H groups in total. The smallest absolute Gasteiger partial charge is 0.259 e. The second kappa shape index (κ2) is 8.01. The van der Waals surface area contributed by atoms with Crippen LogP contribution in [0.5, 0.6) is 11.5 Å². The van der Waals surface area contributed by atoms with Crippen molar-refractivity contribution in [3.05, 3.63) is 48.0 Å². The number of ether oxygens (including phenoxy) is 2. The summed E-state index contributed by atoms with van der Waals surface area (Å²) in [7, 11) is 1.51. The molecule has 0 aliphatic carbocycles. The molecule has 0 unspecified atom stereocenters. The van der Waals surface area contributed by atoms with Gasteiger partial charge >= 0.3 is 0 Å². The first-order valence-electron chi connectivity index (χ1n) is 7.54. The number of anilines is 2. The largest absolute Gasteiger partial charge is 0.495 e. The molecular formula is C18H20N2O4. The van der Waals surface area contributed by atoms with Gasteiger partial charge in [-0.15, -0.1) is 0 Å². The molecule has 0 radical (unpaired) electrons. The third-order valence-corrected chi connectivity index (χ3v) is 3.20. The quantitative estimate of drug-likeness (QED) is 0.853. The molecule has 2 aromatic carbocycles. The molecule has 0 aromatic heterocycles. The molecule has 126 valence electrons. The standard InChI is InChI=1S/C18H20N2O4/c1-4-24-16-8-6-5-7-14(16)18(22)20-13-9-10-17(23-3)15(11-13)19-12(2)21/h5-11H,4H2,1-3H3,(H,19,21)(H,20,22). The first-order valence-corrected chi connectivity index (χ1v) is 7.54. The van der Waals surface area contributed by atoms with Crippen molar-refractivity contribution in [3.8, 4) is 11.5 Å². The minimum atomic E-state index is -0.294.